The van der Waals surface area contributed by atoms with Gasteiger partial charge in [-0.05, 0) is 53.3 Å². The highest BCUT2D eigenvalue weighted by molar-refractivity contribution is 8.23. The summed E-state index contributed by atoms with van der Waals surface area (Å²) in [6, 6.07) is 16.4. The molecule has 2 nitrogen and oxygen atoms in total. The first-order valence-electron chi connectivity index (χ1n) is 8.26. The van der Waals surface area contributed by atoms with Gasteiger partial charge < -0.3 is 9.47 Å². The first kappa shape index (κ1) is 18.0. The molecule has 1 aliphatic rings. The number of methoxy groups -OCH3 is 2. The second-order valence-electron chi connectivity index (χ2n) is 5.59. The molecule has 2 aromatic carbocycles. The van der Waals surface area contributed by atoms with Gasteiger partial charge in [0.15, 0.2) is 0 Å². The second-order valence-corrected chi connectivity index (χ2v) is 8.06. The van der Waals surface area contributed by atoms with Gasteiger partial charge in [0.25, 0.3) is 0 Å². The summed E-state index contributed by atoms with van der Waals surface area (Å²) in [5, 5.41) is 0. The van der Waals surface area contributed by atoms with Crippen LogP contribution in [0.15, 0.2) is 58.8 Å². The molecule has 0 atom stereocenters. The Morgan fingerprint density at radius 2 is 1.40 bits per heavy atom. The van der Waals surface area contributed by atoms with Crippen LogP contribution in [0.2, 0.25) is 0 Å². The van der Waals surface area contributed by atoms with Crippen molar-refractivity contribution in [2.75, 3.05) is 25.7 Å². The predicted octanol–water partition coefficient (Wildman–Crippen LogP) is 5.96. The van der Waals surface area contributed by atoms with Crippen LogP contribution in [-0.4, -0.2) is 25.7 Å². The van der Waals surface area contributed by atoms with Gasteiger partial charge in [0.05, 0.1) is 14.2 Å². The minimum Gasteiger partial charge on any atom is -0.497 e. The van der Waals surface area contributed by atoms with E-state index >= 15 is 0 Å². The molecule has 3 rings (SSSR count). The molecule has 4 heteroatoms. The summed E-state index contributed by atoms with van der Waals surface area (Å²) in [7, 11) is 3.39. The van der Waals surface area contributed by atoms with Gasteiger partial charge in [-0.25, -0.2) is 0 Å². The van der Waals surface area contributed by atoms with E-state index in [0.717, 1.165) is 11.5 Å². The smallest absolute Gasteiger partial charge is 0.118 e. The molecule has 0 amide bonds. The van der Waals surface area contributed by atoms with E-state index in [1.54, 1.807) is 14.2 Å². The summed E-state index contributed by atoms with van der Waals surface area (Å²) >= 11 is 3.91. The molecular weight excluding hydrogens is 348 g/mol. The molecule has 1 fully saturated rings. The number of hydrogen-bond donors (Lipinski definition) is 0. The van der Waals surface area contributed by atoms with Crippen molar-refractivity contribution in [2.45, 2.75) is 6.42 Å². The van der Waals surface area contributed by atoms with Gasteiger partial charge in [0.1, 0.15) is 11.5 Å². The zero-order valence-corrected chi connectivity index (χ0v) is 16.2. The number of rotatable bonds is 5. The Morgan fingerprint density at radius 3 is 1.96 bits per heavy atom. The molecule has 2 aromatic rings. The van der Waals surface area contributed by atoms with Crippen LogP contribution < -0.4 is 9.47 Å². The summed E-state index contributed by atoms with van der Waals surface area (Å²) in [4.78, 5) is 0. The van der Waals surface area contributed by atoms with E-state index in [0.29, 0.717) is 0 Å². The standard InChI is InChI=1S/C21H22O2S2/c1-22-18-9-4-16(5-10-18)6-13-20(21-24-14-3-15-25-21)17-7-11-19(23-2)12-8-17/h4-13H,3,14-15H2,1-2H3/b13-6+. The number of benzene rings is 2. The average Bonchev–Trinajstić information content (AvgIpc) is 2.70. The first-order valence-corrected chi connectivity index (χ1v) is 10.2. The highest BCUT2D eigenvalue weighted by Crippen LogP contribution is 2.41. The zero-order chi connectivity index (χ0) is 17.5. The largest absolute Gasteiger partial charge is 0.497 e. The molecule has 0 aliphatic carbocycles. The highest BCUT2D eigenvalue weighted by Gasteiger charge is 2.13. The van der Waals surface area contributed by atoms with Crippen LogP contribution in [0.3, 0.4) is 0 Å². The molecule has 0 saturated carbocycles. The minimum absolute atomic E-state index is 0.879. The van der Waals surface area contributed by atoms with Gasteiger partial charge >= 0.3 is 0 Å². The monoisotopic (exact) mass is 370 g/mol. The molecule has 0 N–H and O–H groups in total. The molecule has 1 heterocycles. The molecule has 130 valence electrons. The fraction of sp³-hybridized carbons (Fsp3) is 0.238. The third-order valence-electron chi connectivity index (χ3n) is 3.93. The zero-order valence-electron chi connectivity index (χ0n) is 14.5. The fourth-order valence-corrected chi connectivity index (χ4v) is 5.18. The quantitative estimate of drug-likeness (QED) is 0.646. The Morgan fingerprint density at radius 1 is 0.840 bits per heavy atom. The topological polar surface area (TPSA) is 18.5 Å². The molecule has 0 unspecified atom stereocenters. The van der Waals surface area contributed by atoms with Gasteiger partial charge in [-0.3, -0.25) is 0 Å². The number of allylic oxidation sites excluding steroid dienone is 2. The second kappa shape index (κ2) is 9.07. The first-order chi connectivity index (χ1) is 12.3. The third-order valence-corrected chi connectivity index (χ3v) is 6.59. The van der Waals surface area contributed by atoms with Gasteiger partial charge in [-0.15, -0.1) is 23.5 Å². The van der Waals surface area contributed by atoms with Crippen molar-refractivity contribution < 1.29 is 9.47 Å². The van der Waals surface area contributed by atoms with E-state index in [1.165, 1.54) is 38.9 Å². The average molecular weight is 371 g/mol. The van der Waals surface area contributed by atoms with E-state index in [9.17, 15) is 0 Å². The molecule has 1 saturated heterocycles. The van der Waals surface area contributed by atoms with Gasteiger partial charge in [0, 0.05) is 9.81 Å². The van der Waals surface area contributed by atoms with Crippen molar-refractivity contribution in [2.24, 2.45) is 0 Å². The van der Waals surface area contributed by atoms with Crippen LogP contribution in [-0.2, 0) is 0 Å². The van der Waals surface area contributed by atoms with E-state index in [4.69, 9.17) is 9.47 Å². The maximum absolute atomic E-state index is 5.29. The molecular formula is C21H22O2S2. The number of hydrogen-bond acceptors (Lipinski definition) is 4. The Labute approximate surface area is 158 Å². The van der Waals surface area contributed by atoms with E-state index in [2.05, 4.69) is 36.4 Å². The lowest BCUT2D eigenvalue weighted by Gasteiger charge is -2.17. The maximum Gasteiger partial charge on any atom is 0.118 e. The van der Waals surface area contributed by atoms with Crippen LogP contribution in [0.25, 0.3) is 11.6 Å². The summed E-state index contributed by atoms with van der Waals surface area (Å²) in [5.74, 6) is 4.15. The van der Waals surface area contributed by atoms with E-state index in [-0.39, 0.29) is 0 Å². The maximum atomic E-state index is 5.29. The third kappa shape index (κ3) is 4.86. The van der Waals surface area contributed by atoms with Gasteiger partial charge in [0.2, 0.25) is 0 Å². The minimum atomic E-state index is 0.879. The van der Waals surface area contributed by atoms with Gasteiger partial charge in [-0.1, -0.05) is 36.4 Å². The molecule has 0 aromatic heterocycles. The van der Waals surface area contributed by atoms with E-state index < -0.39 is 0 Å². The van der Waals surface area contributed by atoms with Crippen LogP contribution in [0.4, 0.5) is 0 Å². The summed E-state index contributed by atoms with van der Waals surface area (Å²) in [6.07, 6.45) is 5.67. The SMILES string of the molecule is COc1ccc(/C=C/C(=C2SCCCS2)c2ccc(OC)cc2)cc1. The van der Waals surface area contributed by atoms with Crippen molar-refractivity contribution in [3.63, 3.8) is 0 Å². The van der Waals surface area contributed by atoms with Crippen molar-refractivity contribution in [3.8, 4) is 11.5 Å². The number of thioether (sulfide) groups is 2. The Bertz CT molecular complexity index is 738. The fourth-order valence-electron chi connectivity index (χ4n) is 2.53. The van der Waals surface area contributed by atoms with Crippen molar-refractivity contribution in [1.29, 1.82) is 0 Å². The molecule has 0 radical (unpaired) electrons. The van der Waals surface area contributed by atoms with Crippen molar-refractivity contribution >= 4 is 35.2 Å². The van der Waals surface area contributed by atoms with Crippen molar-refractivity contribution in [1.82, 2.24) is 0 Å². The van der Waals surface area contributed by atoms with Crippen LogP contribution in [0.5, 0.6) is 11.5 Å². The summed E-state index contributed by atoms with van der Waals surface area (Å²) in [6.45, 7) is 0. The predicted molar refractivity (Wildman–Crippen MR) is 111 cm³/mol. The lowest BCUT2D eigenvalue weighted by atomic mass is 10.1. The normalized spacial score (nSPS) is 14.6. The molecule has 0 spiro atoms. The Hall–Kier alpha value is -1.78. The summed E-state index contributed by atoms with van der Waals surface area (Å²) in [5.41, 5.74) is 3.67. The highest BCUT2D eigenvalue weighted by atomic mass is 32.2. The molecule has 0 bridgehead atoms. The molecule has 25 heavy (non-hydrogen) atoms. The van der Waals surface area contributed by atoms with E-state index in [1.807, 2.05) is 47.8 Å². The Balaban J connectivity index is 1.91. The van der Waals surface area contributed by atoms with Crippen LogP contribution >= 0.6 is 23.5 Å². The lowest BCUT2D eigenvalue weighted by molar-refractivity contribution is 0.414. The van der Waals surface area contributed by atoms with Crippen molar-refractivity contribution in [3.05, 3.63) is 70.0 Å². The van der Waals surface area contributed by atoms with Crippen LogP contribution in [0, 0.1) is 0 Å². The summed E-state index contributed by atoms with van der Waals surface area (Å²) < 4.78 is 11.9. The Kier molecular flexibility index (Phi) is 6.54. The van der Waals surface area contributed by atoms with Gasteiger partial charge in [-0.2, -0.15) is 0 Å². The lowest BCUT2D eigenvalue weighted by Crippen LogP contribution is -1.95. The van der Waals surface area contributed by atoms with Crippen LogP contribution in [0.1, 0.15) is 17.5 Å². The number of ether oxygens (including phenoxy) is 2. The molecule has 1 aliphatic heterocycles.